The van der Waals surface area contributed by atoms with Crippen LogP contribution in [0, 0.1) is 6.92 Å². The third-order valence-corrected chi connectivity index (χ3v) is 2.61. The van der Waals surface area contributed by atoms with Crippen LogP contribution in [0.1, 0.15) is 17.3 Å². The predicted molar refractivity (Wildman–Crippen MR) is 51.8 cm³/mol. The summed E-state index contributed by atoms with van der Waals surface area (Å²) in [4.78, 5) is 8.66. The zero-order chi connectivity index (χ0) is 10.4. The van der Waals surface area contributed by atoms with E-state index in [4.69, 9.17) is 4.52 Å². The van der Waals surface area contributed by atoms with E-state index in [9.17, 15) is 0 Å². The van der Waals surface area contributed by atoms with Gasteiger partial charge in [-0.25, -0.2) is 4.98 Å². The van der Waals surface area contributed by atoms with Crippen molar-refractivity contribution < 1.29 is 4.52 Å². The molecule has 0 saturated heterocycles. The molecule has 3 rings (SSSR count). The topological polar surface area (TPSA) is 68.8 Å². The number of nitrogens with one attached hydrogen (secondary N) is 1. The summed E-state index contributed by atoms with van der Waals surface area (Å²) in [5, 5.41) is 7.11. The van der Waals surface area contributed by atoms with Crippen molar-refractivity contribution >= 4 is 0 Å². The van der Waals surface area contributed by atoms with Gasteiger partial charge in [0.1, 0.15) is 0 Å². The summed E-state index contributed by atoms with van der Waals surface area (Å²) in [5.41, 5.74) is 2.28. The highest BCUT2D eigenvalue weighted by Crippen LogP contribution is 2.21. The van der Waals surface area contributed by atoms with Gasteiger partial charge >= 0.3 is 0 Å². The molecule has 0 aromatic carbocycles. The van der Waals surface area contributed by atoms with Crippen molar-refractivity contribution in [2.24, 2.45) is 7.05 Å². The van der Waals surface area contributed by atoms with Crippen LogP contribution in [0.15, 0.2) is 4.52 Å². The van der Waals surface area contributed by atoms with Gasteiger partial charge in [-0.3, -0.25) is 0 Å². The lowest BCUT2D eigenvalue weighted by atomic mass is 10.4. The molecule has 0 aliphatic carbocycles. The highest BCUT2D eigenvalue weighted by molar-refractivity contribution is 5.46. The predicted octanol–water partition coefficient (Wildman–Crippen LogP) is 0.382. The van der Waals surface area contributed by atoms with Gasteiger partial charge in [-0.2, -0.15) is 4.98 Å². The summed E-state index contributed by atoms with van der Waals surface area (Å²) in [5.74, 6) is 1.90. The van der Waals surface area contributed by atoms with Crippen molar-refractivity contribution in [3.05, 3.63) is 17.3 Å². The lowest BCUT2D eigenvalue weighted by Gasteiger charge is -1.99. The van der Waals surface area contributed by atoms with E-state index in [0.717, 1.165) is 24.6 Å². The average molecular weight is 205 g/mol. The molecule has 0 unspecified atom stereocenters. The normalized spacial score (nSPS) is 14.5. The van der Waals surface area contributed by atoms with Crippen LogP contribution < -0.4 is 5.32 Å². The second kappa shape index (κ2) is 2.90. The number of fused-ring (bicyclic) bond motifs is 1. The van der Waals surface area contributed by atoms with Crippen molar-refractivity contribution in [2.45, 2.75) is 20.0 Å². The van der Waals surface area contributed by atoms with Crippen molar-refractivity contribution in [3.8, 4) is 11.6 Å². The summed E-state index contributed by atoms with van der Waals surface area (Å²) in [6.07, 6.45) is 0. The summed E-state index contributed by atoms with van der Waals surface area (Å²) in [7, 11) is 1.97. The molecular formula is C9H11N5O. The largest absolute Gasteiger partial charge is 0.339 e. The van der Waals surface area contributed by atoms with E-state index in [-0.39, 0.29) is 0 Å². The first-order chi connectivity index (χ1) is 7.25. The van der Waals surface area contributed by atoms with E-state index < -0.39 is 0 Å². The van der Waals surface area contributed by atoms with Gasteiger partial charge in [-0.15, -0.1) is 0 Å². The molecule has 1 aliphatic rings. The average Bonchev–Trinajstić information content (AvgIpc) is 2.84. The molecule has 0 bridgehead atoms. The number of aromatic nitrogens is 4. The minimum Gasteiger partial charge on any atom is -0.339 e. The second-order valence-corrected chi connectivity index (χ2v) is 3.63. The first-order valence-corrected chi connectivity index (χ1v) is 4.81. The number of hydrogen-bond acceptors (Lipinski definition) is 5. The number of hydrogen-bond donors (Lipinski definition) is 1. The van der Waals surface area contributed by atoms with Crippen molar-refractivity contribution in [1.82, 2.24) is 25.0 Å². The maximum atomic E-state index is 4.94. The van der Waals surface area contributed by atoms with Crippen LogP contribution in [0.2, 0.25) is 0 Å². The molecule has 15 heavy (non-hydrogen) atoms. The van der Waals surface area contributed by atoms with E-state index in [1.807, 2.05) is 11.6 Å². The molecule has 3 heterocycles. The van der Waals surface area contributed by atoms with Crippen LogP contribution in [0.25, 0.3) is 11.6 Å². The van der Waals surface area contributed by atoms with Crippen LogP contribution in [0.5, 0.6) is 0 Å². The number of rotatable bonds is 1. The maximum Gasteiger partial charge on any atom is 0.238 e. The highest BCUT2D eigenvalue weighted by Gasteiger charge is 2.22. The number of nitrogens with zero attached hydrogens (tertiary/aromatic N) is 4. The van der Waals surface area contributed by atoms with Gasteiger partial charge in [-0.1, -0.05) is 5.16 Å². The van der Waals surface area contributed by atoms with Gasteiger partial charge < -0.3 is 14.4 Å². The lowest BCUT2D eigenvalue weighted by molar-refractivity contribution is 0.394. The minimum absolute atomic E-state index is 0.560. The molecule has 0 atom stereocenters. The lowest BCUT2D eigenvalue weighted by Crippen LogP contribution is -2.06. The molecule has 78 valence electrons. The van der Waals surface area contributed by atoms with Gasteiger partial charge in [0, 0.05) is 27.1 Å². The van der Waals surface area contributed by atoms with Crippen LogP contribution in [0.4, 0.5) is 0 Å². The van der Waals surface area contributed by atoms with Crippen LogP contribution >= 0.6 is 0 Å². The Labute approximate surface area is 86.3 Å². The smallest absolute Gasteiger partial charge is 0.238 e. The first kappa shape index (κ1) is 8.60. The third-order valence-electron chi connectivity index (χ3n) is 2.61. The van der Waals surface area contributed by atoms with Crippen LogP contribution in [-0.4, -0.2) is 19.7 Å². The Hall–Kier alpha value is -1.69. The SMILES string of the molecule is Cc1nc(-c2nc3c(n2C)CNC3)no1. The molecule has 1 N–H and O–H groups in total. The van der Waals surface area contributed by atoms with Crippen molar-refractivity contribution in [1.29, 1.82) is 0 Å². The fourth-order valence-corrected chi connectivity index (χ4v) is 1.84. The van der Waals surface area contributed by atoms with Crippen molar-refractivity contribution in [2.75, 3.05) is 0 Å². The van der Waals surface area contributed by atoms with Gasteiger partial charge in [0.15, 0.2) is 5.82 Å². The van der Waals surface area contributed by atoms with E-state index >= 15 is 0 Å². The van der Waals surface area contributed by atoms with E-state index in [1.165, 1.54) is 5.69 Å². The molecule has 6 heteroatoms. The molecule has 2 aromatic rings. The van der Waals surface area contributed by atoms with Gasteiger partial charge in [0.2, 0.25) is 11.7 Å². The molecule has 0 fully saturated rings. The Morgan fingerprint density at radius 1 is 1.33 bits per heavy atom. The van der Waals surface area contributed by atoms with E-state index in [0.29, 0.717) is 11.7 Å². The number of imidazole rings is 1. The molecule has 0 radical (unpaired) electrons. The molecule has 1 aliphatic heterocycles. The standard InChI is InChI=1S/C9H11N5O/c1-5-11-8(13-15-5)9-12-6-3-10-4-7(6)14(9)2/h10H,3-4H2,1-2H3. The molecule has 0 spiro atoms. The molecular weight excluding hydrogens is 194 g/mol. The summed E-state index contributed by atoms with van der Waals surface area (Å²) in [6, 6.07) is 0. The van der Waals surface area contributed by atoms with Crippen molar-refractivity contribution in [3.63, 3.8) is 0 Å². The fourth-order valence-electron chi connectivity index (χ4n) is 1.84. The quantitative estimate of drug-likeness (QED) is 0.729. The Morgan fingerprint density at radius 3 is 2.87 bits per heavy atom. The Balaban J connectivity index is 2.13. The first-order valence-electron chi connectivity index (χ1n) is 4.81. The van der Waals surface area contributed by atoms with Gasteiger partial charge in [-0.05, 0) is 0 Å². The van der Waals surface area contributed by atoms with E-state index in [1.54, 1.807) is 6.92 Å². The Morgan fingerprint density at radius 2 is 2.20 bits per heavy atom. The molecule has 0 amide bonds. The fraction of sp³-hybridized carbons (Fsp3) is 0.444. The van der Waals surface area contributed by atoms with Gasteiger partial charge in [0.05, 0.1) is 11.4 Å². The third kappa shape index (κ3) is 1.18. The monoisotopic (exact) mass is 205 g/mol. The zero-order valence-corrected chi connectivity index (χ0v) is 8.61. The van der Waals surface area contributed by atoms with Crippen LogP contribution in [-0.2, 0) is 20.1 Å². The molecule has 6 nitrogen and oxygen atoms in total. The summed E-state index contributed by atoms with van der Waals surface area (Å²) in [6.45, 7) is 3.45. The second-order valence-electron chi connectivity index (χ2n) is 3.63. The highest BCUT2D eigenvalue weighted by atomic mass is 16.5. The molecule has 2 aromatic heterocycles. The Kier molecular flexibility index (Phi) is 1.66. The summed E-state index contributed by atoms with van der Waals surface area (Å²) >= 11 is 0. The Bertz CT molecular complexity index is 513. The van der Waals surface area contributed by atoms with Crippen LogP contribution in [0.3, 0.4) is 0 Å². The maximum absolute atomic E-state index is 4.94. The molecule has 0 saturated carbocycles. The minimum atomic E-state index is 0.560. The van der Waals surface area contributed by atoms with E-state index in [2.05, 4.69) is 20.4 Å². The number of aryl methyl sites for hydroxylation is 1. The van der Waals surface area contributed by atoms with Gasteiger partial charge in [0.25, 0.3) is 0 Å². The zero-order valence-electron chi connectivity index (χ0n) is 8.61. The summed E-state index contributed by atoms with van der Waals surface area (Å²) < 4.78 is 6.96.